The molecule has 1 atom stereocenters. The van der Waals surface area contributed by atoms with Gasteiger partial charge in [0, 0.05) is 6.42 Å². The van der Waals surface area contributed by atoms with Gasteiger partial charge < -0.3 is 0 Å². The van der Waals surface area contributed by atoms with E-state index in [4.69, 9.17) is 0 Å². The molecule has 1 unspecified atom stereocenters. The SMILES string of the molecule is CC#CC1CCC1=O. The van der Waals surface area contributed by atoms with E-state index in [0.29, 0.717) is 5.78 Å². The average Bonchev–Trinajstić information content (AvgIpc) is 1.79. The van der Waals surface area contributed by atoms with E-state index >= 15 is 0 Å². The molecule has 0 aromatic heterocycles. The van der Waals surface area contributed by atoms with Crippen LogP contribution in [0.15, 0.2) is 0 Å². The summed E-state index contributed by atoms with van der Waals surface area (Å²) in [7, 11) is 0. The number of carbonyl (C=O) groups is 1. The number of rotatable bonds is 0. The van der Waals surface area contributed by atoms with E-state index in [0.717, 1.165) is 12.8 Å². The molecule has 1 aliphatic carbocycles. The zero-order valence-electron chi connectivity index (χ0n) is 4.90. The minimum absolute atomic E-state index is 0.0972. The van der Waals surface area contributed by atoms with E-state index in [1.54, 1.807) is 6.92 Å². The molecule has 1 nitrogen and oxygen atoms in total. The fourth-order valence-corrected chi connectivity index (χ4v) is 0.733. The summed E-state index contributed by atoms with van der Waals surface area (Å²) in [5.74, 6) is 5.98. The lowest BCUT2D eigenvalue weighted by Crippen LogP contribution is -2.23. The lowest BCUT2D eigenvalue weighted by molar-refractivity contribution is -0.126. The topological polar surface area (TPSA) is 17.1 Å². The Labute approximate surface area is 49.1 Å². The molecule has 0 aliphatic heterocycles. The van der Waals surface area contributed by atoms with Crippen LogP contribution in [0, 0.1) is 17.8 Å². The first-order chi connectivity index (χ1) is 3.84. The Morgan fingerprint density at radius 1 is 1.75 bits per heavy atom. The summed E-state index contributed by atoms with van der Waals surface area (Å²) < 4.78 is 0. The second-order valence-corrected chi connectivity index (χ2v) is 1.95. The van der Waals surface area contributed by atoms with Crippen molar-refractivity contribution in [2.45, 2.75) is 19.8 Å². The molecule has 8 heavy (non-hydrogen) atoms. The van der Waals surface area contributed by atoms with Gasteiger partial charge in [0.05, 0.1) is 5.92 Å². The fraction of sp³-hybridized carbons (Fsp3) is 0.571. The smallest absolute Gasteiger partial charge is 0.147 e. The summed E-state index contributed by atoms with van der Waals surface area (Å²) >= 11 is 0. The van der Waals surface area contributed by atoms with Gasteiger partial charge in [0.2, 0.25) is 0 Å². The molecular formula is C7H8O. The van der Waals surface area contributed by atoms with Crippen LogP contribution in [0.1, 0.15) is 19.8 Å². The molecule has 1 heteroatoms. The molecule has 1 aliphatic rings. The fourth-order valence-electron chi connectivity index (χ4n) is 0.733. The van der Waals surface area contributed by atoms with Gasteiger partial charge in [-0.3, -0.25) is 4.79 Å². The van der Waals surface area contributed by atoms with Crippen molar-refractivity contribution < 1.29 is 4.79 Å². The van der Waals surface area contributed by atoms with Crippen molar-refractivity contribution in [3.8, 4) is 11.8 Å². The van der Waals surface area contributed by atoms with Gasteiger partial charge in [0.1, 0.15) is 5.78 Å². The van der Waals surface area contributed by atoms with E-state index in [2.05, 4.69) is 11.8 Å². The summed E-state index contributed by atoms with van der Waals surface area (Å²) in [6.45, 7) is 1.77. The van der Waals surface area contributed by atoms with Gasteiger partial charge in [0.15, 0.2) is 0 Å². The van der Waals surface area contributed by atoms with Crippen molar-refractivity contribution in [3.63, 3.8) is 0 Å². The molecule has 0 amide bonds. The van der Waals surface area contributed by atoms with Gasteiger partial charge in [-0.1, -0.05) is 5.92 Å². The van der Waals surface area contributed by atoms with Crippen LogP contribution in [-0.2, 0) is 4.79 Å². The van der Waals surface area contributed by atoms with Gasteiger partial charge in [-0.05, 0) is 13.3 Å². The predicted octanol–water partition coefficient (Wildman–Crippen LogP) is 0.989. The highest BCUT2D eigenvalue weighted by molar-refractivity contribution is 5.89. The quantitative estimate of drug-likeness (QED) is 0.423. The highest BCUT2D eigenvalue weighted by atomic mass is 16.1. The van der Waals surface area contributed by atoms with E-state index < -0.39 is 0 Å². The third kappa shape index (κ3) is 0.742. The van der Waals surface area contributed by atoms with Gasteiger partial charge in [0.25, 0.3) is 0 Å². The Hall–Kier alpha value is -0.770. The Morgan fingerprint density at radius 2 is 2.50 bits per heavy atom. The van der Waals surface area contributed by atoms with Crippen LogP contribution in [0.4, 0.5) is 0 Å². The zero-order valence-corrected chi connectivity index (χ0v) is 4.90. The largest absolute Gasteiger partial charge is 0.298 e. The predicted molar refractivity (Wildman–Crippen MR) is 31.2 cm³/mol. The number of hydrogen-bond acceptors (Lipinski definition) is 1. The highest BCUT2D eigenvalue weighted by Crippen LogP contribution is 2.20. The molecule has 1 rings (SSSR count). The van der Waals surface area contributed by atoms with E-state index in [-0.39, 0.29) is 5.92 Å². The van der Waals surface area contributed by atoms with E-state index in [9.17, 15) is 4.79 Å². The van der Waals surface area contributed by atoms with Gasteiger partial charge in [-0.15, -0.1) is 5.92 Å². The molecule has 0 aromatic rings. The first-order valence-electron chi connectivity index (χ1n) is 2.79. The van der Waals surface area contributed by atoms with Crippen LogP contribution in [0.25, 0.3) is 0 Å². The lowest BCUT2D eigenvalue weighted by Gasteiger charge is -2.16. The third-order valence-electron chi connectivity index (χ3n) is 1.39. The minimum atomic E-state index is 0.0972. The van der Waals surface area contributed by atoms with E-state index in [1.807, 2.05) is 0 Å². The normalized spacial score (nSPS) is 25.6. The van der Waals surface area contributed by atoms with Crippen molar-refractivity contribution in [1.29, 1.82) is 0 Å². The first-order valence-corrected chi connectivity index (χ1v) is 2.79. The summed E-state index contributed by atoms with van der Waals surface area (Å²) in [4.78, 5) is 10.5. The van der Waals surface area contributed by atoms with Gasteiger partial charge in [-0.2, -0.15) is 0 Å². The molecule has 0 bridgehead atoms. The minimum Gasteiger partial charge on any atom is -0.298 e. The number of ketones is 1. The monoisotopic (exact) mass is 108 g/mol. The van der Waals surface area contributed by atoms with Gasteiger partial charge >= 0.3 is 0 Å². The summed E-state index contributed by atoms with van der Waals surface area (Å²) in [5, 5.41) is 0. The molecule has 0 aromatic carbocycles. The molecule has 0 N–H and O–H groups in total. The van der Waals surface area contributed by atoms with Crippen LogP contribution in [0.5, 0.6) is 0 Å². The maximum Gasteiger partial charge on any atom is 0.147 e. The third-order valence-corrected chi connectivity index (χ3v) is 1.39. The van der Waals surface area contributed by atoms with Crippen LogP contribution >= 0.6 is 0 Å². The summed E-state index contributed by atoms with van der Waals surface area (Å²) in [6, 6.07) is 0. The molecule has 0 spiro atoms. The van der Waals surface area contributed by atoms with Crippen molar-refractivity contribution in [2.75, 3.05) is 0 Å². The maximum atomic E-state index is 10.5. The van der Waals surface area contributed by atoms with Crippen LogP contribution in [-0.4, -0.2) is 5.78 Å². The summed E-state index contributed by atoms with van der Waals surface area (Å²) in [6.07, 6.45) is 1.74. The molecule has 42 valence electrons. The molecule has 1 fully saturated rings. The van der Waals surface area contributed by atoms with Crippen LogP contribution in [0.2, 0.25) is 0 Å². The Bertz CT molecular complexity index is 159. The van der Waals surface area contributed by atoms with Crippen molar-refractivity contribution in [2.24, 2.45) is 5.92 Å². The average molecular weight is 108 g/mol. The second-order valence-electron chi connectivity index (χ2n) is 1.95. The highest BCUT2D eigenvalue weighted by Gasteiger charge is 2.25. The van der Waals surface area contributed by atoms with Gasteiger partial charge in [-0.25, -0.2) is 0 Å². The molecule has 0 heterocycles. The first kappa shape index (κ1) is 5.37. The number of Topliss-reactive ketones (excluding diaryl/α,β-unsaturated/α-hetero) is 1. The number of hydrogen-bond donors (Lipinski definition) is 0. The lowest BCUT2D eigenvalue weighted by atomic mass is 9.84. The standard InChI is InChI=1S/C7H8O/c1-2-3-6-4-5-7(6)8/h6H,4-5H2,1H3. The zero-order chi connectivity index (χ0) is 5.98. The second kappa shape index (κ2) is 2.00. The summed E-state index contributed by atoms with van der Waals surface area (Å²) in [5.41, 5.74) is 0. The molecule has 0 radical (unpaired) electrons. The Balaban J connectivity index is 2.46. The van der Waals surface area contributed by atoms with E-state index in [1.165, 1.54) is 0 Å². The van der Waals surface area contributed by atoms with Crippen molar-refractivity contribution >= 4 is 5.78 Å². The molecular weight excluding hydrogens is 100 g/mol. The molecule has 1 saturated carbocycles. The van der Waals surface area contributed by atoms with Crippen molar-refractivity contribution in [1.82, 2.24) is 0 Å². The number of carbonyl (C=O) groups excluding carboxylic acids is 1. The van der Waals surface area contributed by atoms with Crippen LogP contribution < -0.4 is 0 Å². The van der Waals surface area contributed by atoms with Crippen molar-refractivity contribution in [3.05, 3.63) is 0 Å². The molecule has 0 saturated heterocycles. The van der Waals surface area contributed by atoms with Crippen LogP contribution in [0.3, 0.4) is 0 Å². The Kier molecular flexibility index (Phi) is 1.34. The maximum absolute atomic E-state index is 10.5. The Morgan fingerprint density at radius 3 is 2.62 bits per heavy atom.